The van der Waals surface area contributed by atoms with Crippen molar-refractivity contribution in [2.45, 2.75) is 54.0 Å². The van der Waals surface area contributed by atoms with Gasteiger partial charge in [0.25, 0.3) is 5.69 Å². The van der Waals surface area contributed by atoms with Crippen molar-refractivity contribution in [3.05, 3.63) is 142 Å². The summed E-state index contributed by atoms with van der Waals surface area (Å²) < 4.78 is 14.0. The van der Waals surface area contributed by atoms with E-state index in [1.807, 2.05) is 12.1 Å². The Hall–Kier alpha value is -5.86. The van der Waals surface area contributed by atoms with Crippen molar-refractivity contribution < 1.29 is 14.4 Å². The Bertz CT molecular complexity index is 2420. The smallest absolute Gasteiger partial charge is 0.269 e. The van der Waals surface area contributed by atoms with Crippen LogP contribution in [0.1, 0.15) is 43.0 Å². The number of aryl methyl sites for hydroxylation is 4. The zero-order valence-corrected chi connectivity index (χ0v) is 31.4. The number of anilines is 5. The van der Waals surface area contributed by atoms with Crippen LogP contribution >= 0.6 is 0 Å². The average Bonchev–Trinajstić information content (AvgIpc) is 3.08. The van der Waals surface area contributed by atoms with E-state index >= 15 is 0 Å². The molecule has 3 aliphatic rings. The molecule has 0 N–H and O–H groups in total. The van der Waals surface area contributed by atoms with E-state index in [4.69, 9.17) is 9.47 Å². The summed E-state index contributed by atoms with van der Waals surface area (Å²) in [6.45, 7) is 15.1. The molecular weight excluding hydrogens is 663 g/mol. The Morgan fingerprint density at radius 1 is 0.577 bits per heavy atom. The fourth-order valence-corrected chi connectivity index (χ4v) is 13.9. The van der Waals surface area contributed by atoms with Gasteiger partial charge in [0.15, 0.2) is 0 Å². The molecule has 52 heavy (non-hydrogen) atoms. The second kappa shape index (κ2) is 11.1. The number of ether oxygens (including phenoxy) is 2. The third kappa shape index (κ3) is 4.56. The summed E-state index contributed by atoms with van der Waals surface area (Å²) in [7, 11) is -3.22. The first-order valence-electron chi connectivity index (χ1n) is 17.7. The minimum Gasteiger partial charge on any atom is -0.457 e. The van der Waals surface area contributed by atoms with Gasteiger partial charge in [-0.05, 0) is 119 Å². The third-order valence-corrected chi connectivity index (χ3v) is 15.5. The van der Waals surface area contributed by atoms with Gasteiger partial charge in [0.2, 0.25) is 8.07 Å². The Kier molecular flexibility index (Phi) is 6.83. The fourth-order valence-electron chi connectivity index (χ4n) is 8.53. The van der Waals surface area contributed by atoms with Crippen molar-refractivity contribution in [2.24, 2.45) is 0 Å². The van der Waals surface area contributed by atoms with Crippen LogP contribution in [0.15, 0.2) is 109 Å². The number of hydrogen-bond acceptors (Lipinski definition) is 6. The SMILES string of the molecule is Cc1ccc(N(c2ccc(C)cc2)c2cc3c4c(c2)N(C(C)(C)C)c2cc(C)cc5c2[Si]4(c2ccc([N+](=O)[O-])cc2)c2c(cc(C)cc2O3)O5)cc1. The number of rotatable bonds is 5. The van der Waals surface area contributed by atoms with Gasteiger partial charge in [-0.1, -0.05) is 47.5 Å². The van der Waals surface area contributed by atoms with Crippen molar-refractivity contribution in [1.82, 2.24) is 0 Å². The molecule has 1 atom stereocenters. The molecule has 0 bridgehead atoms. The number of non-ortho nitro benzene ring substituents is 1. The molecule has 0 saturated heterocycles. The van der Waals surface area contributed by atoms with Crippen LogP contribution < -0.4 is 40.0 Å². The first-order chi connectivity index (χ1) is 24.8. The van der Waals surface area contributed by atoms with Gasteiger partial charge in [0.1, 0.15) is 23.0 Å². The average molecular weight is 702 g/mol. The number of nitro benzene ring substituents is 1. The molecule has 0 amide bonds. The highest BCUT2D eigenvalue weighted by Gasteiger charge is 2.60. The van der Waals surface area contributed by atoms with E-state index in [9.17, 15) is 10.1 Å². The highest BCUT2D eigenvalue weighted by Crippen LogP contribution is 2.51. The first-order valence-corrected chi connectivity index (χ1v) is 19.7. The van der Waals surface area contributed by atoms with Gasteiger partial charge < -0.3 is 19.3 Å². The lowest BCUT2D eigenvalue weighted by Gasteiger charge is -2.53. The van der Waals surface area contributed by atoms with Crippen molar-refractivity contribution in [2.75, 3.05) is 9.80 Å². The number of nitrogens with zero attached hydrogens (tertiary/aromatic N) is 3. The van der Waals surface area contributed by atoms with Crippen LogP contribution in [0.4, 0.5) is 34.1 Å². The lowest BCUT2D eigenvalue weighted by Crippen LogP contribution is -2.80. The maximum absolute atomic E-state index is 11.9. The minimum absolute atomic E-state index is 0.0676. The van der Waals surface area contributed by atoms with Crippen LogP contribution in [0.2, 0.25) is 0 Å². The van der Waals surface area contributed by atoms with Gasteiger partial charge in [0, 0.05) is 62.0 Å². The van der Waals surface area contributed by atoms with Crippen LogP contribution in [0, 0.1) is 37.8 Å². The van der Waals surface area contributed by atoms with Crippen LogP contribution in [0.5, 0.6) is 23.0 Å². The first kappa shape index (κ1) is 32.1. The van der Waals surface area contributed by atoms with Crippen LogP contribution in [-0.4, -0.2) is 18.5 Å². The molecule has 7 nitrogen and oxygen atoms in total. The number of nitro groups is 1. The van der Waals surface area contributed by atoms with Gasteiger partial charge in [-0.15, -0.1) is 0 Å². The molecular formula is C44H39N3O4Si. The second-order valence-corrected chi connectivity index (χ2v) is 19.0. The molecule has 258 valence electrons. The van der Waals surface area contributed by atoms with E-state index in [-0.39, 0.29) is 16.1 Å². The zero-order chi connectivity index (χ0) is 36.3. The molecule has 0 spiro atoms. The molecule has 6 aromatic carbocycles. The van der Waals surface area contributed by atoms with Gasteiger partial charge in [0.05, 0.1) is 10.6 Å². The quantitative estimate of drug-likeness (QED) is 0.101. The predicted molar refractivity (Wildman–Crippen MR) is 212 cm³/mol. The Labute approximate surface area is 304 Å². The molecule has 1 unspecified atom stereocenters. The molecule has 6 aromatic rings. The predicted octanol–water partition coefficient (Wildman–Crippen LogP) is 9.14. The number of benzene rings is 6. The molecule has 8 heteroatoms. The van der Waals surface area contributed by atoms with Crippen molar-refractivity contribution in [1.29, 1.82) is 0 Å². The molecule has 3 aliphatic heterocycles. The minimum atomic E-state index is -3.22. The lowest BCUT2D eigenvalue weighted by molar-refractivity contribution is -0.384. The largest absolute Gasteiger partial charge is 0.457 e. The van der Waals surface area contributed by atoms with E-state index < -0.39 is 8.07 Å². The maximum Gasteiger partial charge on any atom is 0.269 e. The maximum atomic E-state index is 11.9. The number of hydrogen-bond donors (Lipinski definition) is 0. The van der Waals surface area contributed by atoms with E-state index in [0.29, 0.717) is 0 Å². The molecule has 0 aromatic heterocycles. The topological polar surface area (TPSA) is 68.1 Å². The van der Waals surface area contributed by atoms with Gasteiger partial charge >= 0.3 is 0 Å². The summed E-state index contributed by atoms with van der Waals surface area (Å²) >= 11 is 0. The Balaban J connectivity index is 1.44. The highest BCUT2D eigenvalue weighted by molar-refractivity contribution is 7.23. The molecule has 9 rings (SSSR count). The van der Waals surface area contributed by atoms with Crippen molar-refractivity contribution in [3.63, 3.8) is 0 Å². The lowest BCUT2D eigenvalue weighted by atomic mass is 10.0. The van der Waals surface area contributed by atoms with Gasteiger partial charge in [-0.3, -0.25) is 10.1 Å². The molecule has 0 radical (unpaired) electrons. The second-order valence-electron chi connectivity index (χ2n) is 15.4. The van der Waals surface area contributed by atoms with Gasteiger partial charge in [-0.2, -0.15) is 0 Å². The summed E-state index contributed by atoms with van der Waals surface area (Å²) in [4.78, 5) is 16.4. The normalized spacial score (nSPS) is 16.1. The van der Waals surface area contributed by atoms with E-state index in [2.05, 4.69) is 143 Å². The zero-order valence-electron chi connectivity index (χ0n) is 30.4. The summed E-state index contributed by atoms with van der Waals surface area (Å²) in [6, 6.07) is 37.7. The summed E-state index contributed by atoms with van der Waals surface area (Å²) in [5.74, 6) is 3.19. The Morgan fingerprint density at radius 2 is 1.04 bits per heavy atom. The molecule has 3 heterocycles. The van der Waals surface area contributed by atoms with Crippen molar-refractivity contribution >= 4 is 62.9 Å². The standard InChI is InChI=1S/C44H39N3O4Si/c1-26-8-12-30(13-9-26)45(31-14-10-27(2)11-15-31)33-24-36-42-40(25-33)51-39-23-29(4)22-38-43(39)52(42,34-18-16-32(17-19-34)47(48)49)41-35(46(36)44(5,6)7)20-28(3)21-37(41)50-38/h8-25H,1-7H3. The van der Waals surface area contributed by atoms with E-state index in [0.717, 1.165) is 83.3 Å². The molecule has 0 fully saturated rings. The fraction of sp³-hybridized carbons (Fsp3) is 0.182. The summed E-state index contributed by atoms with van der Waals surface area (Å²) in [6.07, 6.45) is 0. The monoisotopic (exact) mass is 701 g/mol. The molecule has 0 saturated carbocycles. The summed E-state index contributed by atoms with van der Waals surface area (Å²) in [5, 5.41) is 16.3. The third-order valence-electron chi connectivity index (χ3n) is 10.6. The van der Waals surface area contributed by atoms with Crippen LogP contribution in [-0.2, 0) is 0 Å². The van der Waals surface area contributed by atoms with Crippen molar-refractivity contribution in [3.8, 4) is 23.0 Å². The van der Waals surface area contributed by atoms with E-state index in [1.165, 1.54) is 11.1 Å². The Morgan fingerprint density at radius 3 is 1.54 bits per heavy atom. The highest BCUT2D eigenvalue weighted by atomic mass is 28.3. The molecule has 0 aliphatic carbocycles. The van der Waals surface area contributed by atoms with Crippen LogP contribution in [0.25, 0.3) is 0 Å². The van der Waals surface area contributed by atoms with Gasteiger partial charge in [-0.25, -0.2) is 0 Å². The van der Waals surface area contributed by atoms with E-state index in [1.54, 1.807) is 12.1 Å². The van der Waals surface area contributed by atoms with Crippen LogP contribution in [0.3, 0.4) is 0 Å². The summed E-state index contributed by atoms with van der Waals surface area (Å²) in [5.41, 5.74) is 9.45.